The summed E-state index contributed by atoms with van der Waals surface area (Å²) >= 11 is 0. The van der Waals surface area contributed by atoms with Crippen molar-refractivity contribution < 1.29 is 28.6 Å². The minimum atomic E-state index is -0.629. The number of halogens is 1. The van der Waals surface area contributed by atoms with Crippen molar-refractivity contribution in [3.05, 3.63) is 24.0 Å². The first-order valence-electron chi connectivity index (χ1n) is 9.57. The predicted molar refractivity (Wildman–Crippen MR) is 105 cm³/mol. The average molecular weight is 419 g/mol. The Labute approximate surface area is 171 Å². The summed E-state index contributed by atoms with van der Waals surface area (Å²) in [6, 6.07) is 4.50. The summed E-state index contributed by atoms with van der Waals surface area (Å²) in [5.74, 6) is -1.11. The van der Waals surface area contributed by atoms with E-state index in [4.69, 9.17) is 25.4 Å². The van der Waals surface area contributed by atoms with Gasteiger partial charge in [0.1, 0.15) is 19.0 Å². The molecule has 10 nitrogen and oxygen atoms in total. The molecule has 2 amide bonds. The third-order valence-corrected chi connectivity index (χ3v) is 5.68. The van der Waals surface area contributed by atoms with E-state index in [0.29, 0.717) is 24.5 Å². The summed E-state index contributed by atoms with van der Waals surface area (Å²) in [6.45, 7) is 0.520. The molecule has 11 heteroatoms. The number of likely N-dealkylation sites (tertiary alicyclic amines) is 1. The van der Waals surface area contributed by atoms with Gasteiger partial charge in [-0.3, -0.25) is 15.1 Å². The Morgan fingerprint density at radius 3 is 2.77 bits per heavy atom. The molecule has 3 aliphatic heterocycles. The Morgan fingerprint density at radius 2 is 2.13 bits per heavy atom. The van der Waals surface area contributed by atoms with E-state index >= 15 is 0 Å². The van der Waals surface area contributed by atoms with Crippen LogP contribution in [-0.2, 0) is 14.3 Å². The molecule has 3 aliphatic rings. The van der Waals surface area contributed by atoms with E-state index in [1.807, 2.05) is 4.90 Å². The smallest absolute Gasteiger partial charge is 0.414 e. The Kier molecular flexibility index (Phi) is 5.29. The highest BCUT2D eigenvalue weighted by Crippen LogP contribution is 2.37. The number of nitrogens with one attached hydrogen (secondary N) is 2. The van der Waals surface area contributed by atoms with Gasteiger partial charge >= 0.3 is 6.09 Å². The van der Waals surface area contributed by atoms with Gasteiger partial charge < -0.3 is 29.8 Å². The second-order valence-corrected chi connectivity index (χ2v) is 7.47. The summed E-state index contributed by atoms with van der Waals surface area (Å²) in [4.78, 5) is 28.8. The molecule has 0 saturated carbocycles. The van der Waals surface area contributed by atoms with Crippen molar-refractivity contribution in [3.8, 4) is 0 Å². The number of anilines is 2. The average Bonchev–Trinajstić information content (AvgIpc) is 3.45. The first kappa shape index (κ1) is 20.1. The standard InChI is InChI=1S/C19H22FN5O5/c20-15-4-11(25-8-14(30-19(25)28)10-29-17(22)5-21)1-2-16(15)23-6-13-3-12(23)7-24(13)18(27)9-26/h1-2,4-5,12-14,21-22,26H,3,6-10H2. The number of amides is 2. The second kappa shape index (κ2) is 7.90. The highest BCUT2D eigenvalue weighted by atomic mass is 19.1. The quantitative estimate of drug-likeness (QED) is 0.457. The molecule has 3 N–H and O–H groups in total. The van der Waals surface area contributed by atoms with Crippen LogP contribution in [0.25, 0.3) is 0 Å². The highest BCUT2D eigenvalue weighted by molar-refractivity contribution is 6.23. The number of fused-ring (bicyclic) bond motifs is 2. The molecule has 4 rings (SSSR count). The lowest BCUT2D eigenvalue weighted by Gasteiger charge is -2.35. The molecule has 3 unspecified atom stereocenters. The number of benzene rings is 1. The molecule has 2 bridgehead atoms. The Bertz CT molecular complexity index is 896. The number of aliphatic hydroxyl groups excluding tert-OH is 1. The lowest BCUT2D eigenvalue weighted by atomic mass is 10.2. The molecular formula is C19H22FN5O5. The number of cyclic esters (lactones) is 1. The summed E-state index contributed by atoms with van der Waals surface area (Å²) in [7, 11) is 0. The highest BCUT2D eigenvalue weighted by Gasteiger charge is 2.45. The van der Waals surface area contributed by atoms with E-state index in [1.54, 1.807) is 17.0 Å². The lowest BCUT2D eigenvalue weighted by molar-refractivity contribution is -0.135. The van der Waals surface area contributed by atoms with E-state index in [2.05, 4.69) is 0 Å². The van der Waals surface area contributed by atoms with Crippen LogP contribution >= 0.6 is 0 Å². The van der Waals surface area contributed by atoms with E-state index in [-0.39, 0.29) is 37.0 Å². The summed E-state index contributed by atoms with van der Waals surface area (Å²) in [6.07, 6.45) is 0.227. The van der Waals surface area contributed by atoms with Gasteiger partial charge in [-0.05, 0) is 24.6 Å². The van der Waals surface area contributed by atoms with Crippen LogP contribution in [0.3, 0.4) is 0 Å². The van der Waals surface area contributed by atoms with Gasteiger partial charge in [-0.1, -0.05) is 0 Å². The van der Waals surface area contributed by atoms with Crippen LogP contribution in [0, 0.1) is 16.6 Å². The van der Waals surface area contributed by atoms with Gasteiger partial charge in [0.2, 0.25) is 11.8 Å². The van der Waals surface area contributed by atoms with E-state index in [1.165, 1.54) is 11.0 Å². The second-order valence-electron chi connectivity index (χ2n) is 7.47. The van der Waals surface area contributed by atoms with Crippen molar-refractivity contribution in [1.29, 1.82) is 10.8 Å². The SMILES string of the molecule is N=CC(=N)OCC1CN(c2ccc(N3CC4CC3CN4C(=O)CO)c(F)c2)C(=O)O1. The number of carbonyl (C=O) groups excluding carboxylic acids is 2. The molecule has 3 saturated heterocycles. The summed E-state index contributed by atoms with van der Waals surface area (Å²) < 4.78 is 25.1. The zero-order chi connectivity index (χ0) is 21.4. The maximum atomic E-state index is 14.9. The zero-order valence-electron chi connectivity index (χ0n) is 16.1. The van der Waals surface area contributed by atoms with E-state index in [0.717, 1.165) is 12.6 Å². The zero-order valence-corrected chi connectivity index (χ0v) is 16.1. The van der Waals surface area contributed by atoms with Crippen molar-refractivity contribution in [2.45, 2.75) is 24.6 Å². The van der Waals surface area contributed by atoms with Gasteiger partial charge in [-0.15, -0.1) is 0 Å². The Hall–Kier alpha value is -3.21. The molecule has 30 heavy (non-hydrogen) atoms. The summed E-state index contributed by atoms with van der Waals surface area (Å²) in [5.41, 5.74) is 0.765. The van der Waals surface area contributed by atoms with Crippen molar-refractivity contribution in [3.63, 3.8) is 0 Å². The van der Waals surface area contributed by atoms with Crippen molar-refractivity contribution in [2.75, 3.05) is 42.6 Å². The Balaban J connectivity index is 1.42. The number of carbonyl (C=O) groups is 2. The Morgan fingerprint density at radius 1 is 1.33 bits per heavy atom. The molecule has 3 heterocycles. The number of hydrogen-bond donors (Lipinski definition) is 3. The third-order valence-electron chi connectivity index (χ3n) is 5.68. The molecule has 0 aromatic heterocycles. The van der Waals surface area contributed by atoms with Crippen LogP contribution < -0.4 is 9.80 Å². The minimum absolute atomic E-state index is 0.00621. The molecular weight excluding hydrogens is 397 g/mol. The fraction of sp³-hybridized carbons (Fsp3) is 0.474. The first-order valence-corrected chi connectivity index (χ1v) is 9.57. The van der Waals surface area contributed by atoms with Crippen LogP contribution in [0.15, 0.2) is 18.2 Å². The third kappa shape index (κ3) is 3.56. The number of hydrogen-bond acceptors (Lipinski definition) is 8. The van der Waals surface area contributed by atoms with Crippen LogP contribution in [0.4, 0.5) is 20.6 Å². The van der Waals surface area contributed by atoms with Crippen molar-refractivity contribution in [2.24, 2.45) is 0 Å². The fourth-order valence-corrected chi connectivity index (χ4v) is 4.30. The number of piperazine rings is 1. The van der Waals surface area contributed by atoms with Crippen LogP contribution in [0.1, 0.15) is 6.42 Å². The van der Waals surface area contributed by atoms with Crippen molar-refractivity contribution >= 4 is 35.5 Å². The van der Waals surface area contributed by atoms with Crippen LogP contribution in [-0.4, -0.2) is 85.2 Å². The lowest BCUT2D eigenvalue weighted by Crippen LogP contribution is -2.49. The van der Waals surface area contributed by atoms with Crippen molar-refractivity contribution in [1.82, 2.24) is 4.90 Å². The molecule has 0 spiro atoms. The topological polar surface area (TPSA) is 130 Å². The molecule has 1 aromatic rings. The van der Waals surface area contributed by atoms with Gasteiger partial charge in [0.25, 0.3) is 0 Å². The maximum Gasteiger partial charge on any atom is 0.414 e. The summed E-state index contributed by atoms with van der Waals surface area (Å²) in [5, 5.41) is 23.3. The maximum absolute atomic E-state index is 14.9. The molecule has 3 fully saturated rings. The fourth-order valence-electron chi connectivity index (χ4n) is 4.30. The first-order chi connectivity index (χ1) is 14.4. The van der Waals surface area contributed by atoms with Gasteiger partial charge in [0.15, 0.2) is 6.10 Å². The number of rotatable bonds is 6. The molecule has 1 aromatic carbocycles. The van der Waals surface area contributed by atoms with Crippen LogP contribution in [0.2, 0.25) is 0 Å². The number of aliphatic hydroxyl groups is 1. The van der Waals surface area contributed by atoms with Crippen LogP contribution in [0.5, 0.6) is 0 Å². The van der Waals surface area contributed by atoms with E-state index < -0.39 is 24.6 Å². The van der Waals surface area contributed by atoms with Gasteiger partial charge in [0.05, 0.1) is 30.2 Å². The van der Waals surface area contributed by atoms with E-state index in [9.17, 15) is 14.0 Å². The molecule has 3 atom stereocenters. The molecule has 160 valence electrons. The monoisotopic (exact) mass is 419 g/mol. The number of ether oxygens (including phenoxy) is 2. The van der Waals surface area contributed by atoms with Gasteiger partial charge in [0, 0.05) is 19.1 Å². The predicted octanol–water partition coefficient (Wildman–Crippen LogP) is 0.576. The molecule has 0 radical (unpaired) electrons. The molecule has 0 aliphatic carbocycles. The minimum Gasteiger partial charge on any atom is -0.473 e. The number of nitrogens with zero attached hydrogens (tertiary/aromatic N) is 3. The largest absolute Gasteiger partial charge is 0.473 e. The van der Waals surface area contributed by atoms with Gasteiger partial charge in [-0.2, -0.15) is 0 Å². The van der Waals surface area contributed by atoms with Gasteiger partial charge in [-0.25, -0.2) is 9.18 Å². The normalized spacial score (nSPS) is 24.9.